The van der Waals surface area contributed by atoms with E-state index in [1.54, 1.807) is 0 Å². The first-order valence-corrected chi connectivity index (χ1v) is 29.0. The minimum absolute atomic E-state index is 0. The molecule has 0 spiro atoms. The second kappa shape index (κ2) is 39.4. The van der Waals surface area contributed by atoms with Gasteiger partial charge in [-0.25, -0.2) is 9.59 Å². The van der Waals surface area contributed by atoms with Gasteiger partial charge in [0.2, 0.25) is 0 Å². The number of carboxylic acid groups (broad SMARTS) is 2. The summed E-state index contributed by atoms with van der Waals surface area (Å²) in [7, 11) is 0. The molecule has 4 rings (SSSR count). The topological polar surface area (TPSA) is 186 Å². The van der Waals surface area contributed by atoms with E-state index >= 15 is 0 Å². The molecule has 0 heterocycles. The van der Waals surface area contributed by atoms with Crippen LogP contribution in [0.15, 0.2) is 58.5 Å². The van der Waals surface area contributed by atoms with Gasteiger partial charge in [-0.1, -0.05) is 144 Å². The number of carbonyl (C=O) groups is 2. The number of aromatic carboxylic acids is 2. The van der Waals surface area contributed by atoms with Crippen LogP contribution in [0.2, 0.25) is 0 Å². The van der Waals surface area contributed by atoms with Gasteiger partial charge in [-0.05, 0) is 203 Å². The molecule has 10 nitrogen and oxygen atoms in total. The van der Waals surface area contributed by atoms with Crippen LogP contribution in [0.1, 0.15) is 256 Å². The van der Waals surface area contributed by atoms with Gasteiger partial charge in [0.05, 0.1) is 33.9 Å². The predicted octanol–water partition coefficient (Wildman–Crippen LogP) is 16.8. The summed E-state index contributed by atoms with van der Waals surface area (Å²) in [4.78, 5) is 33.0. The van der Waals surface area contributed by atoms with Crippen LogP contribution in [0.5, 0.6) is 23.0 Å². The number of aryl methyl sites for hydroxylation is 6. The van der Waals surface area contributed by atoms with E-state index in [0.29, 0.717) is 36.8 Å². The molecular weight excluding hydrogens is 1040 g/mol. The van der Waals surface area contributed by atoms with E-state index in [1.807, 2.05) is 27.7 Å². The number of aliphatic imine (C=N–C) groups is 2. The number of phenols is 2. The Morgan fingerprint density at radius 3 is 1.01 bits per heavy atom. The minimum Gasteiger partial charge on any atom is -0.869 e. The first-order valence-electron chi connectivity index (χ1n) is 29.0. The van der Waals surface area contributed by atoms with Crippen molar-refractivity contribution in [1.82, 2.24) is 0 Å². The summed E-state index contributed by atoms with van der Waals surface area (Å²) in [5.74, 6) is -4.93. The van der Waals surface area contributed by atoms with Crippen LogP contribution in [0, 0.1) is 0 Å². The molecule has 0 amide bonds. The molecule has 0 aliphatic rings. The molecule has 0 radical (unpaired) electrons. The number of nitrogens with zero attached hydrogens (tertiary/aromatic N) is 2. The molecule has 76 heavy (non-hydrogen) atoms. The first-order chi connectivity index (χ1) is 36.1. The number of carboxylic acids is 2. The number of benzene rings is 4. The summed E-state index contributed by atoms with van der Waals surface area (Å²) < 4.78 is 0. The van der Waals surface area contributed by atoms with E-state index in [0.717, 1.165) is 130 Å². The maximum absolute atomic E-state index is 11.8. The van der Waals surface area contributed by atoms with Gasteiger partial charge >= 0.3 is 32.4 Å². The van der Waals surface area contributed by atoms with E-state index < -0.39 is 34.9 Å². The third-order valence-electron chi connectivity index (χ3n) is 13.6. The Bertz CT molecular complexity index is 2270. The quantitative estimate of drug-likeness (QED) is 0.0275. The van der Waals surface area contributed by atoms with Crippen molar-refractivity contribution < 1.29 is 60.7 Å². The number of unbranched alkanes of at least 4 members (excludes halogenated alkanes) is 9. The van der Waals surface area contributed by atoms with Crippen molar-refractivity contribution in [2.24, 2.45) is 9.98 Å². The molecule has 4 aromatic rings. The number of hydrogen-bond donors (Lipinski definition) is 4. The molecule has 0 saturated carbocycles. The van der Waals surface area contributed by atoms with Crippen molar-refractivity contribution >= 4 is 34.7 Å². The average molecular weight is 1140 g/mol. The van der Waals surface area contributed by atoms with E-state index in [1.165, 1.54) is 85.8 Å². The summed E-state index contributed by atoms with van der Waals surface area (Å²) in [6, 6.07) is 16.9. The molecule has 4 N–H and O–H groups in total. The summed E-state index contributed by atoms with van der Waals surface area (Å²) in [5.41, 5.74) is 12.4. The van der Waals surface area contributed by atoms with Gasteiger partial charge in [-0.15, -0.1) is 0 Å². The van der Waals surface area contributed by atoms with Crippen LogP contribution in [-0.4, -0.2) is 43.8 Å². The van der Waals surface area contributed by atoms with E-state index in [9.17, 15) is 40.2 Å². The number of hydrogen-bond acceptors (Lipinski definition) is 8. The molecule has 0 saturated heterocycles. The van der Waals surface area contributed by atoms with E-state index in [4.69, 9.17) is 9.98 Å². The number of phenolic OH excluding ortho intramolecular Hbond substituents is 2. The SMILES string of the molecule is CCCCC(=Nc1cc(CCCC)cc(CCCC)c1)C(C)=Nc1cc(CCCC)cc(CCCC)c1.CCCCc1cc(O)c([O-])c(C(=O)O)c1CCCC.CCCCc1cc(O)c([O-])c(C(=O)O)c1CCCC.[Pd+2]. The standard InChI is InChI=1S/C35H54N2.2C15H22O4.Pd/c1-7-12-17-29-22-30(18-13-8-2)25-33(24-29)36-28(6)35(21-16-11-5)37-34-26-31(19-14-9-3)23-32(27-34)20-15-10-4;2*1-3-5-7-10-9-12(16)14(17)13(15(18)19)11(10)8-6-4-2;/h22-27H,7-21H2,1-6H3;2*9,16-17H,3-8H2,1-2H3,(H,18,19);/q;;;+2/p-2. The fourth-order valence-corrected chi connectivity index (χ4v) is 9.19. The Hall–Kier alpha value is -4.98. The molecule has 0 aliphatic carbocycles. The second-order valence-electron chi connectivity index (χ2n) is 20.3. The maximum Gasteiger partial charge on any atom is 2.00 e. The third kappa shape index (κ3) is 24.1. The Morgan fingerprint density at radius 2 is 0.711 bits per heavy atom. The molecular formula is C65H96N2O8Pd. The van der Waals surface area contributed by atoms with Crippen LogP contribution in [0.25, 0.3) is 0 Å². The summed E-state index contributed by atoms with van der Waals surface area (Å²) in [5, 5.41) is 61.2. The van der Waals surface area contributed by atoms with Crippen LogP contribution < -0.4 is 10.2 Å². The minimum atomic E-state index is -1.25. The van der Waals surface area contributed by atoms with Crippen molar-refractivity contribution in [1.29, 1.82) is 0 Å². The number of rotatable bonds is 32. The van der Waals surface area contributed by atoms with Gasteiger partial charge in [0.15, 0.2) is 0 Å². The fourth-order valence-electron chi connectivity index (χ4n) is 9.19. The maximum atomic E-state index is 11.8. The molecule has 0 unspecified atom stereocenters. The summed E-state index contributed by atoms with van der Waals surface area (Å²) in [6.07, 6.45) is 27.6. The molecule has 0 fully saturated rings. The van der Waals surface area contributed by atoms with Crippen LogP contribution >= 0.6 is 0 Å². The molecule has 0 atom stereocenters. The fraction of sp³-hybridized carbons (Fsp3) is 0.569. The molecule has 0 aromatic heterocycles. The predicted molar refractivity (Wildman–Crippen MR) is 310 cm³/mol. The van der Waals surface area contributed by atoms with Crippen molar-refractivity contribution in [3.8, 4) is 23.0 Å². The van der Waals surface area contributed by atoms with Crippen molar-refractivity contribution in [3.63, 3.8) is 0 Å². The Balaban J connectivity index is 0.000000624. The zero-order valence-electron chi connectivity index (χ0n) is 48.3. The normalized spacial score (nSPS) is 11.3. The van der Waals surface area contributed by atoms with Crippen molar-refractivity contribution in [2.75, 3.05) is 0 Å². The van der Waals surface area contributed by atoms with Crippen molar-refractivity contribution in [2.45, 2.75) is 243 Å². The molecule has 11 heteroatoms. The summed E-state index contributed by atoms with van der Waals surface area (Å²) in [6.45, 7) is 21.6. The third-order valence-corrected chi connectivity index (χ3v) is 13.6. The molecule has 0 bridgehead atoms. The van der Waals surface area contributed by atoms with Gasteiger partial charge in [0, 0.05) is 0 Å². The van der Waals surface area contributed by atoms with E-state index in [2.05, 4.69) is 77.9 Å². The second-order valence-corrected chi connectivity index (χ2v) is 20.3. The molecule has 0 aliphatic heterocycles. The van der Waals surface area contributed by atoms with Crippen LogP contribution in [0.3, 0.4) is 0 Å². The molecule has 4 aromatic carbocycles. The van der Waals surface area contributed by atoms with Crippen LogP contribution in [-0.2, 0) is 71.8 Å². The van der Waals surface area contributed by atoms with Gasteiger partial charge in [0.25, 0.3) is 0 Å². The zero-order valence-corrected chi connectivity index (χ0v) is 49.9. The molecule has 424 valence electrons. The average Bonchev–Trinajstić information content (AvgIpc) is 3.39. The smallest absolute Gasteiger partial charge is 0.869 e. The Morgan fingerprint density at radius 1 is 0.421 bits per heavy atom. The summed E-state index contributed by atoms with van der Waals surface area (Å²) >= 11 is 0. The zero-order chi connectivity index (χ0) is 55.7. The number of aromatic hydroxyl groups is 2. The van der Waals surface area contributed by atoms with Gasteiger partial charge < -0.3 is 30.6 Å². The van der Waals surface area contributed by atoms with E-state index in [-0.39, 0.29) is 31.5 Å². The monoisotopic (exact) mass is 1140 g/mol. The van der Waals surface area contributed by atoms with Gasteiger partial charge in [-0.2, -0.15) is 0 Å². The van der Waals surface area contributed by atoms with Gasteiger partial charge in [0.1, 0.15) is 11.5 Å². The van der Waals surface area contributed by atoms with Gasteiger partial charge in [-0.3, -0.25) is 9.98 Å². The Kier molecular flexibility index (Phi) is 35.8. The van der Waals surface area contributed by atoms with Crippen LogP contribution in [0.4, 0.5) is 11.4 Å². The largest absolute Gasteiger partial charge is 2.00 e. The van der Waals surface area contributed by atoms with Crippen molar-refractivity contribution in [3.05, 3.63) is 104 Å². The first kappa shape index (κ1) is 69.0. The Labute approximate surface area is 472 Å².